The lowest BCUT2D eigenvalue weighted by Crippen LogP contribution is -2.43. The lowest BCUT2D eigenvalue weighted by Gasteiger charge is -2.18. The van der Waals surface area contributed by atoms with Crippen molar-refractivity contribution in [2.24, 2.45) is 11.5 Å². The molecule has 0 spiro atoms. The zero-order valence-electron chi connectivity index (χ0n) is 10.5. The van der Waals surface area contributed by atoms with E-state index in [4.69, 9.17) is 20.5 Å². The van der Waals surface area contributed by atoms with Crippen molar-refractivity contribution < 1.29 is 23.2 Å². The van der Waals surface area contributed by atoms with E-state index in [0.717, 1.165) is 0 Å². The number of nitrogens with two attached hydrogens (primary N) is 2. The van der Waals surface area contributed by atoms with Gasteiger partial charge in [0.05, 0.1) is 25.7 Å². The molecule has 0 saturated carbocycles. The molecule has 8 nitrogen and oxygen atoms in total. The number of hydrogen-bond donors (Lipinski definition) is 3. The van der Waals surface area contributed by atoms with Crippen molar-refractivity contribution in [3.63, 3.8) is 0 Å². The molecule has 9 heteroatoms. The fourth-order valence-corrected chi connectivity index (χ4v) is 2.53. The summed E-state index contributed by atoms with van der Waals surface area (Å²) in [5.74, 6) is -1.32. The molecule has 0 aromatic carbocycles. The van der Waals surface area contributed by atoms with Crippen LogP contribution in [0.2, 0.25) is 0 Å². The van der Waals surface area contributed by atoms with Gasteiger partial charge < -0.3 is 25.8 Å². The van der Waals surface area contributed by atoms with E-state index in [1.165, 1.54) is 0 Å². The first-order valence-corrected chi connectivity index (χ1v) is 7.27. The fraction of sp³-hybridized carbons (Fsp3) is 0.778. The van der Waals surface area contributed by atoms with Crippen molar-refractivity contribution in [3.8, 4) is 0 Å². The molecule has 0 bridgehead atoms. The fourth-order valence-electron chi connectivity index (χ4n) is 1.14. The lowest BCUT2D eigenvalue weighted by molar-refractivity contribution is -0.126. The minimum Gasteiger partial charge on any atom is -0.370 e. The maximum atomic E-state index is 12.0. The maximum Gasteiger partial charge on any atom is 0.349 e. The van der Waals surface area contributed by atoms with Gasteiger partial charge in [-0.15, -0.1) is 0 Å². The molecule has 0 aliphatic heterocycles. The van der Waals surface area contributed by atoms with Crippen LogP contribution in [-0.2, 0) is 23.2 Å². The van der Waals surface area contributed by atoms with E-state index in [2.05, 4.69) is 5.32 Å². The van der Waals surface area contributed by atoms with Crippen LogP contribution in [0.5, 0.6) is 0 Å². The Morgan fingerprint density at radius 1 is 1.28 bits per heavy atom. The molecule has 1 atom stereocenters. The van der Waals surface area contributed by atoms with Gasteiger partial charge in [-0.1, -0.05) is 0 Å². The largest absolute Gasteiger partial charge is 0.370 e. The maximum absolute atomic E-state index is 12.0. The highest BCUT2D eigenvalue weighted by molar-refractivity contribution is 7.53. The summed E-state index contributed by atoms with van der Waals surface area (Å²) in [7, 11) is -3.35. The molecule has 106 valence electrons. The van der Waals surface area contributed by atoms with Crippen LogP contribution in [0, 0.1) is 0 Å². The zero-order valence-corrected chi connectivity index (χ0v) is 11.4. The van der Waals surface area contributed by atoms with Gasteiger partial charge in [-0.05, 0) is 13.8 Å². The van der Waals surface area contributed by atoms with Gasteiger partial charge in [0.2, 0.25) is 11.8 Å². The molecule has 2 amide bonds. The predicted molar refractivity (Wildman–Crippen MR) is 65.7 cm³/mol. The minimum atomic E-state index is -3.35. The van der Waals surface area contributed by atoms with Crippen molar-refractivity contribution in [3.05, 3.63) is 0 Å². The molecular formula is C9H20N3O5P. The van der Waals surface area contributed by atoms with Crippen LogP contribution < -0.4 is 16.8 Å². The Labute approximate surface area is 106 Å². The average molecular weight is 281 g/mol. The standard InChI is InChI=1S/C9H20N3O5P/c1-3-16-18(15,17-4-2)6-12-9(14)7(10)5-8(11)13/h7H,3-6,10H2,1-2H3,(H2,11,13)(H,12,14)/t7-/m0/s1. The van der Waals surface area contributed by atoms with E-state index < -0.39 is 25.5 Å². The highest BCUT2D eigenvalue weighted by Gasteiger charge is 2.26. The first-order valence-electron chi connectivity index (χ1n) is 5.54. The molecule has 0 saturated heterocycles. The number of nitrogens with one attached hydrogen (secondary N) is 1. The van der Waals surface area contributed by atoms with E-state index in [1.54, 1.807) is 13.8 Å². The number of hydrogen-bond acceptors (Lipinski definition) is 6. The van der Waals surface area contributed by atoms with Crippen LogP contribution in [-0.4, -0.2) is 37.4 Å². The Kier molecular flexibility index (Phi) is 7.77. The van der Waals surface area contributed by atoms with Crippen molar-refractivity contribution >= 4 is 19.4 Å². The molecule has 0 aromatic rings. The highest BCUT2D eigenvalue weighted by atomic mass is 31.2. The highest BCUT2D eigenvalue weighted by Crippen LogP contribution is 2.46. The van der Waals surface area contributed by atoms with E-state index in [-0.39, 0.29) is 25.9 Å². The van der Waals surface area contributed by atoms with Crippen LogP contribution >= 0.6 is 7.60 Å². The van der Waals surface area contributed by atoms with Crippen LogP contribution in [0.4, 0.5) is 0 Å². The third-order valence-electron chi connectivity index (χ3n) is 1.86. The second-order valence-corrected chi connectivity index (χ2v) is 5.48. The van der Waals surface area contributed by atoms with E-state index in [9.17, 15) is 14.2 Å². The van der Waals surface area contributed by atoms with Gasteiger partial charge >= 0.3 is 7.60 Å². The first kappa shape index (κ1) is 17.1. The van der Waals surface area contributed by atoms with Crippen molar-refractivity contribution in [2.75, 3.05) is 19.5 Å². The summed E-state index contributed by atoms with van der Waals surface area (Å²) in [5, 5.41) is 2.31. The smallest absolute Gasteiger partial charge is 0.349 e. The molecular weight excluding hydrogens is 261 g/mol. The number of carbonyl (C=O) groups excluding carboxylic acids is 2. The van der Waals surface area contributed by atoms with Crippen LogP contribution in [0.3, 0.4) is 0 Å². The van der Waals surface area contributed by atoms with Crippen molar-refractivity contribution in [1.29, 1.82) is 0 Å². The summed E-state index contributed by atoms with van der Waals surface area (Å²) >= 11 is 0. The van der Waals surface area contributed by atoms with E-state index >= 15 is 0 Å². The molecule has 5 N–H and O–H groups in total. The summed E-state index contributed by atoms with van der Waals surface area (Å²) in [6, 6.07) is -1.07. The number of primary amides is 1. The Bertz CT molecular complexity index is 326. The molecule has 0 radical (unpaired) electrons. The van der Waals surface area contributed by atoms with Gasteiger partial charge in [0.1, 0.15) is 6.29 Å². The Hall–Kier alpha value is -0.950. The van der Waals surface area contributed by atoms with Gasteiger partial charge in [-0.25, -0.2) is 0 Å². The lowest BCUT2D eigenvalue weighted by atomic mass is 10.2. The third-order valence-corrected chi connectivity index (χ3v) is 3.70. The van der Waals surface area contributed by atoms with Crippen LogP contribution in [0.25, 0.3) is 0 Å². The quantitative estimate of drug-likeness (QED) is 0.489. The number of carbonyl (C=O) groups is 2. The number of rotatable bonds is 9. The Morgan fingerprint density at radius 3 is 2.17 bits per heavy atom. The van der Waals surface area contributed by atoms with Crippen molar-refractivity contribution in [1.82, 2.24) is 5.32 Å². The molecule has 0 aliphatic rings. The summed E-state index contributed by atoms with van der Waals surface area (Å²) in [5.41, 5.74) is 10.3. The van der Waals surface area contributed by atoms with Gasteiger partial charge in [-0.2, -0.15) is 0 Å². The topological polar surface area (TPSA) is 134 Å². The van der Waals surface area contributed by atoms with Gasteiger partial charge in [0.15, 0.2) is 0 Å². The molecule has 0 unspecified atom stereocenters. The second kappa shape index (κ2) is 8.20. The molecule has 0 heterocycles. The van der Waals surface area contributed by atoms with Crippen molar-refractivity contribution in [2.45, 2.75) is 26.3 Å². The summed E-state index contributed by atoms with van der Waals surface area (Å²) in [4.78, 5) is 22.0. The predicted octanol–water partition coefficient (Wildman–Crippen LogP) is -0.471. The Morgan fingerprint density at radius 2 is 1.78 bits per heavy atom. The molecule has 0 fully saturated rings. The van der Waals surface area contributed by atoms with Gasteiger partial charge in [0.25, 0.3) is 0 Å². The zero-order chi connectivity index (χ0) is 14.2. The number of amides is 2. The van der Waals surface area contributed by atoms with Gasteiger partial charge in [-0.3, -0.25) is 14.2 Å². The summed E-state index contributed by atoms with van der Waals surface area (Å²) < 4.78 is 21.9. The Balaban J connectivity index is 4.30. The van der Waals surface area contributed by atoms with Crippen LogP contribution in [0.15, 0.2) is 0 Å². The SMILES string of the molecule is CCOP(=O)(CNC(=O)[C@@H](N)CC(N)=O)OCC. The summed E-state index contributed by atoms with van der Waals surface area (Å²) in [6.07, 6.45) is -0.570. The molecule has 18 heavy (non-hydrogen) atoms. The average Bonchev–Trinajstić information content (AvgIpc) is 2.25. The summed E-state index contributed by atoms with van der Waals surface area (Å²) in [6.45, 7) is 3.71. The minimum absolute atomic E-state index is 0.195. The monoisotopic (exact) mass is 281 g/mol. The first-order chi connectivity index (χ1) is 8.34. The molecule has 0 rings (SSSR count). The third kappa shape index (κ3) is 6.70. The second-order valence-electron chi connectivity index (χ2n) is 3.42. The molecule has 0 aromatic heterocycles. The van der Waals surface area contributed by atoms with Crippen LogP contribution in [0.1, 0.15) is 20.3 Å². The normalized spacial score (nSPS) is 13.1. The van der Waals surface area contributed by atoms with Gasteiger partial charge in [0, 0.05) is 0 Å². The van der Waals surface area contributed by atoms with E-state index in [0.29, 0.717) is 0 Å². The van der Waals surface area contributed by atoms with E-state index in [1.807, 2.05) is 0 Å². The molecule has 0 aliphatic carbocycles.